The maximum atomic E-state index is 12.1. The second kappa shape index (κ2) is 5.07. The molecule has 5 heteroatoms. The third-order valence-corrected chi connectivity index (χ3v) is 2.60. The van der Waals surface area contributed by atoms with Crippen molar-refractivity contribution in [2.75, 3.05) is 13.2 Å². The van der Waals surface area contributed by atoms with Crippen LogP contribution in [0.3, 0.4) is 0 Å². The van der Waals surface area contributed by atoms with Crippen LogP contribution < -0.4 is 9.51 Å². The summed E-state index contributed by atoms with van der Waals surface area (Å²) in [5.74, 6) is -0.197. The van der Waals surface area contributed by atoms with E-state index in [4.69, 9.17) is 10.2 Å². The average molecular weight is 234 g/mol. The molecule has 2 rings (SSSR count). The number of nitrogens with zero attached hydrogens (tertiary/aromatic N) is 2. The van der Waals surface area contributed by atoms with Crippen molar-refractivity contribution in [1.29, 1.82) is 0 Å². The van der Waals surface area contributed by atoms with Gasteiger partial charge in [0.15, 0.2) is 5.69 Å². The van der Waals surface area contributed by atoms with Crippen LogP contribution in [0.1, 0.15) is 11.4 Å². The Labute approximate surface area is 98.6 Å². The maximum absolute atomic E-state index is 12.1. The summed E-state index contributed by atoms with van der Waals surface area (Å²) in [7, 11) is 0. The Bertz CT molecular complexity index is 528. The number of hydrogen-bond donors (Lipinski definition) is 2. The summed E-state index contributed by atoms with van der Waals surface area (Å²) in [6.45, 7) is -0.196. The SMILES string of the molecule is [O-]c1c(CCO)nc2cccc[n+]2c1CCO. The molecule has 2 heterocycles. The van der Waals surface area contributed by atoms with Crippen LogP contribution in [-0.2, 0) is 12.8 Å². The highest BCUT2D eigenvalue weighted by Gasteiger charge is 2.15. The fourth-order valence-corrected chi connectivity index (χ4v) is 1.83. The summed E-state index contributed by atoms with van der Waals surface area (Å²) < 4.78 is 1.68. The minimum atomic E-state index is -0.197. The van der Waals surface area contributed by atoms with Crippen LogP contribution >= 0.6 is 0 Å². The van der Waals surface area contributed by atoms with E-state index >= 15 is 0 Å². The summed E-state index contributed by atoms with van der Waals surface area (Å²) in [5, 5.41) is 30.0. The predicted octanol–water partition coefficient (Wildman–Crippen LogP) is -1.04. The predicted molar refractivity (Wildman–Crippen MR) is 58.4 cm³/mol. The fraction of sp³-hybridized carbons (Fsp3) is 0.333. The van der Waals surface area contributed by atoms with E-state index in [0.29, 0.717) is 17.0 Å². The van der Waals surface area contributed by atoms with Gasteiger partial charge in [-0.05, 0) is 16.8 Å². The molecule has 0 amide bonds. The van der Waals surface area contributed by atoms with Gasteiger partial charge in [-0.3, -0.25) is 0 Å². The van der Waals surface area contributed by atoms with Crippen molar-refractivity contribution >= 4 is 5.65 Å². The molecule has 2 aromatic heterocycles. The maximum Gasteiger partial charge on any atom is 0.327 e. The van der Waals surface area contributed by atoms with Gasteiger partial charge in [-0.1, -0.05) is 6.07 Å². The van der Waals surface area contributed by atoms with E-state index in [9.17, 15) is 5.11 Å². The molecule has 0 aliphatic heterocycles. The van der Waals surface area contributed by atoms with Crippen LogP contribution in [0, 0.1) is 0 Å². The zero-order chi connectivity index (χ0) is 12.3. The van der Waals surface area contributed by atoms with E-state index in [1.54, 1.807) is 22.7 Å². The van der Waals surface area contributed by atoms with Gasteiger partial charge >= 0.3 is 5.65 Å². The molecular weight excluding hydrogens is 220 g/mol. The molecule has 90 valence electrons. The molecule has 0 atom stereocenters. The van der Waals surface area contributed by atoms with E-state index in [0.717, 1.165) is 0 Å². The minimum absolute atomic E-state index is 0.0885. The van der Waals surface area contributed by atoms with Crippen LogP contribution in [0.25, 0.3) is 5.65 Å². The van der Waals surface area contributed by atoms with Gasteiger partial charge in [0.1, 0.15) is 5.69 Å². The summed E-state index contributed by atoms with van der Waals surface area (Å²) in [6, 6.07) is 5.43. The van der Waals surface area contributed by atoms with Crippen LogP contribution in [0.4, 0.5) is 0 Å². The summed E-state index contributed by atoms with van der Waals surface area (Å²) in [5.41, 5.74) is 1.50. The van der Waals surface area contributed by atoms with Gasteiger partial charge in [0, 0.05) is 18.9 Å². The molecule has 0 unspecified atom stereocenters. The molecule has 0 aliphatic rings. The highest BCUT2D eigenvalue weighted by molar-refractivity contribution is 5.37. The van der Waals surface area contributed by atoms with Crippen molar-refractivity contribution in [2.45, 2.75) is 12.8 Å². The first-order valence-electron chi connectivity index (χ1n) is 5.48. The standard InChI is InChI=1S/C12H14N2O3/c15-7-4-9-12(17)10(5-8-16)14-6-2-1-3-11(14)13-9/h1-3,6,15-16H,4-5,7-8H2. The Morgan fingerprint density at radius 2 is 1.94 bits per heavy atom. The normalized spacial score (nSPS) is 10.9. The highest BCUT2D eigenvalue weighted by atomic mass is 16.3. The van der Waals surface area contributed by atoms with Crippen LogP contribution in [0.2, 0.25) is 0 Å². The molecule has 0 saturated carbocycles. The number of hydrogen-bond acceptors (Lipinski definition) is 4. The van der Waals surface area contributed by atoms with E-state index in [1.807, 2.05) is 6.07 Å². The van der Waals surface area contributed by atoms with Gasteiger partial charge in [0.05, 0.1) is 19.4 Å². The Hall–Kier alpha value is -1.72. The summed E-state index contributed by atoms with van der Waals surface area (Å²) in [6.07, 6.45) is 2.27. The monoisotopic (exact) mass is 234 g/mol. The van der Waals surface area contributed by atoms with E-state index in [1.165, 1.54) is 0 Å². The largest absolute Gasteiger partial charge is 0.867 e. The van der Waals surface area contributed by atoms with Crippen molar-refractivity contribution in [1.82, 2.24) is 4.98 Å². The van der Waals surface area contributed by atoms with Gasteiger partial charge in [-0.15, -0.1) is 0 Å². The quantitative estimate of drug-likeness (QED) is 0.662. The van der Waals surface area contributed by atoms with E-state index < -0.39 is 0 Å². The first kappa shape index (κ1) is 11.8. The van der Waals surface area contributed by atoms with Gasteiger partial charge in [0.25, 0.3) is 0 Å². The van der Waals surface area contributed by atoms with Crippen molar-refractivity contribution < 1.29 is 19.7 Å². The molecule has 0 spiro atoms. The van der Waals surface area contributed by atoms with E-state index in [-0.39, 0.29) is 31.8 Å². The molecule has 0 saturated heterocycles. The van der Waals surface area contributed by atoms with Gasteiger partial charge in [-0.2, -0.15) is 0 Å². The molecule has 2 N–H and O–H groups in total. The number of aliphatic hydroxyl groups excluding tert-OH is 2. The molecule has 2 aromatic rings. The lowest BCUT2D eigenvalue weighted by Crippen LogP contribution is -2.32. The number of aromatic nitrogens is 2. The Kier molecular flexibility index (Phi) is 3.51. The molecule has 0 radical (unpaired) electrons. The van der Waals surface area contributed by atoms with Gasteiger partial charge in [-0.25, -0.2) is 4.40 Å². The first-order valence-corrected chi connectivity index (χ1v) is 5.48. The molecule has 17 heavy (non-hydrogen) atoms. The third kappa shape index (κ3) is 2.20. The second-order valence-corrected chi connectivity index (χ2v) is 3.71. The highest BCUT2D eigenvalue weighted by Crippen LogP contribution is 2.16. The molecule has 0 fully saturated rings. The Morgan fingerprint density at radius 3 is 2.65 bits per heavy atom. The van der Waals surface area contributed by atoms with Gasteiger partial charge in [0.2, 0.25) is 0 Å². The lowest BCUT2D eigenvalue weighted by Gasteiger charge is -2.13. The lowest BCUT2D eigenvalue weighted by molar-refractivity contribution is -0.530. The number of rotatable bonds is 4. The van der Waals surface area contributed by atoms with Gasteiger partial charge < -0.3 is 15.3 Å². The Balaban J connectivity index is 2.66. The summed E-state index contributed by atoms with van der Waals surface area (Å²) in [4.78, 5) is 4.22. The number of pyridine rings is 1. The number of fused-ring (bicyclic) bond motifs is 1. The molecule has 0 aromatic carbocycles. The van der Waals surface area contributed by atoms with Crippen LogP contribution in [-0.4, -0.2) is 28.4 Å². The molecule has 5 nitrogen and oxygen atoms in total. The van der Waals surface area contributed by atoms with Crippen LogP contribution in [0.15, 0.2) is 24.4 Å². The first-order chi connectivity index (χ1) is 8.27. The lowest BCUT2D eigenvalue weighted by atomic mass is 10.2. The molecule has 0 aliphatic carbocycles. The zero-order valence-electron chi connectivity index (χ0n) is 9.33. The zero-order valence-corrected chi connectivity index (χ0v) is 9.33. The summed E-state index contributed by atoms with van der Waals surface area (Å²) >= 11 is 0. The molecular formula is C12H14N2O3. The smallest absolute Gasteiger partial charge is 0.327 e. The van der Waals surface area contributed by atoms with Crippen molar-refractivity contribution in [3.8, 4) is 5.75 Å². The van der Waals surface area contributed by atoms with Crippen molar-refractivity contribution in [2.24, 2.45) is 0 Å². The van der Waals surface area contributed by atoms with Crippen LogP contribution in [0.5, 0.6) is 5.75 Å². The fourth-order valence-electron chi connectivity index (χ4n) is 1.83. The average Bonchev–Trinajstić information content (AvgIpc) is 2.35. The van der Waals surface area contributed by atoms with E-state index in [2.05, 4.69) is 4.98 Å². The molecule has 0 bridgehead atoms. The Morgan fingerprint density at radius 1 is 1.18 bits per heavy atom. The third-order valence-electron chi connectivity index (χ3n) is 2.60. The minimum Gasteiger partial charge on any atom is -0.867 e. The topological polar surface area (TPSA) is 80.5 Å². The van der Waals surface area contributed by atoms with Crippen molar-refractivity contribution in [3.63, 3.8) is 0 Å². The number of aliphatic hydroxyl groups is 2. The van der Waals surface area contributed by atoms with Crippen molar-refractivity contribution in [3.05, 3.63) is 35.8 Å². The second-order valence-electron chi connectivity index (χ2n) is 3.71.